The van der Waals surface area contributed by atoms with E-state index in [0.29, 0.717) is 6.42 Å². The van der Waals surface area contributed by atoms with Crippen LogP contribution in [0.25, 0.3) is 0 Å². The van der Waals surface area contributed by atoms with Gasteiger partial charge in [0.25, 0.3) is 0 Å². The van der Waals surface area contributed by atoms with Crippen molar-refractivity contribution in [2.45, 2.75) is 51.0 Å². The second-order valence-corrected chi connectivity index (χ2v) is 7.46. The first-order valence-electron chi connectivity index (χ1n) is 10.6. The second-order valence-electron chi connectivity index (χ2n) is 7.46. The van der Waals surface area contributed by atoms with E-state index in [-0.39, 0.29) is 12.1 Å². The molecule has 2 nitrogen and oxygen atoms in total. The smallest absolute Gasteiger partial charge is 0.306 e. The van der Waals surface area contributed by atoms with Crippen LogP contribution in [0.15, 0.2) is 91.0 Å². The Morgan fingerprint density at radius 2 is 1.17 bits per heavy atom. The Morgan fingerprint density at radius 3 is 1.76 bits per heavy atom. The number of rotatable bonds is 11. The van der Waals surface area contributed by atoms with Crippen molar-refractivity contribution >= 4 is 5.97 Å². The van der Waals surface area contributed by atoms with Gasteiger partial charge in [-0.1, -0.05) is 91.0 Å². The van der Waals surface area contributed by atoms with Gasteiger partial charge in [0, 0.05) is 6.42 Å². The van der Waals surface area contributed by atoms with Crippen LogP contribution in [0.2, 0.25) is 0 Å². The summed E-state index contributed by atoms with van der Waals surface area (Å²) in [5, 5.41) is 0. The molecule has 0 radical (unpaired) electrons. The van der Waals surface area contributed by atoms with Crippen LogP contribution in [0.4, 0.5) is 0 Å². The Hall–Kier alpha value is -2.87. The molecule has 3 rings (SSSR count). The van der Waals surface area contributed by atoms with Gasteiger partial charge in [0.05, 0.1) is 0 Å². The summed E-state index contributed by atoms with van der Waals surface area (Å²) in [7, 11) is 0. The summed E-state index contributed by atoms with van der Waals surface area (Å²) < 4.78 is 5.89. The van der Waals surface area contributed by atoms with Gasteiger partial charge in [0.2, 0.25) is 0 Å². The average molecular weight is 387 g/mol. The summed E-state index contributed by atoms with van der Waals surface area (Å²) in [6, 6.07) is 31.0. The van der Waals surface area contributed by atoms with E-state index >= 15 is 0 Å². The van der Waals surface area contributed by atoms with Crippen LogP contribution in [-0.2, 0) is 22.4 Å². The molecule has 0 N–H and O–H groups in total. The van der Waals surface area contributed by atoms with E-state index in [0.717, 1.165) is 44.1 Å². The number of ether oxygens (including phenoxy) is 1. The number of unbranched alkanes of at least 4 members (excludes halogenated alkanes) is 1. The number of carbonyl (C=O) groups is 1. The molecule has 1 atom stereocenters. The minimum atomic E-state index is -0.156. The summed E-state index contributed by atoms with van der Waals surface area (Å²) >= 11 is 0. The predicted molar refractivity (Wildman–Crippen MR) is 119 cm³/mol. The first kappa shape index (κ1) is 20.9. The summed E-state index contributed by atoms with van der Waals surface area (Å²) in [6.07, 6.45) is 6.08. The Labute approximate surface area is 174 Å². The fourth-order valence-electron chi connectivity index (χ4n) is 3.56. The summed E-state index contributed by atoms with van der Waals surface area (Å²) in [6.45, 7) is 0. The zero-order valence-electron chi connectivity index (χ0n) is 17.0. The van der Waals surface area contributed by atoms with Gasteiger partial charge in [-0.05, 0) is 55.2 Å². The van der Waals surface area contributed by atoms with Crippen molar-refractivity contribution in [2.75, 3.05) is 0 Å². The molecule has 0 spiro atoms. The number of benzene rings is 3. The molecule has 0 aromatic heterocycles. The van der Waals surface area contributed by atoms with E-state index in [2.05, 4.69) is 48.5 Å². The average Bonchev–Trinajstić information content (AvgIpc) is 2.78. The molecule has 0 fully saturated rings. The molecule has 2 heteroatoms. The summed E-state index contributed by atoms with van der Waals surface area (Å²) in [5.74, 6) is -0.0992. The molecule has 0 heterocycles. The molecule has 150 valence electrons. The molecule has 0 unspecified atom stereocenters. The fraction of sp³-hybridized carbons (Fsp3) is 0.296. The number of carbonyl (C=O) groups excluding carboxylic acids is 1. The molecule has 0 amide bonds. The van der Waals surface area contributed by atoms with Crippen molar-refractivity contribution in [2.24, 2.45) is 0 Å². The lowest BCUT2D eigenvalue weighted by Crippen LogP contribution is -2.12. The van der Waals surface area contributed by atoms with Crippen LogP contribution >= 0.6 is 0 Å². The zero-order chi connectivity index (χ0) is 20.2. The molecule has 3 aromatic carbocycles. The molecule has 3 aromatic rings. The molecule has 0 aliphatic carbocycles. The van der Waals surface area contributed by atoms with Gasteiger partial charge in [0.1, 0.15) is 6.10 Å². The normalized spacial score (nSPS) is 11.7. The molecule has 0 aliphatic rings. The van der Waals surface area contributed by atoms with Gasteiger partial charge < -0.3 is 4.74 Å². The maximum atomic E-state index is 12.4. The van der Waals surface area contributed by atoms with E-state index in [4.69, 9.17) is 4.74 Å². The highest BCUT2D eigenvalue weighted by molar-refractivity contribution is 5.69. The van der Waals surface area contributed by atoms with Crippen LogP contribution in [0, 0.1) is 0 Å². The van der Waals surface area contributed by atoms with Gasteiger partial charge in [-0.2, -0.15) is 0 Å². The first-order chi connectivity index (χ1) is 14.3. The lowest BCUT2D eigenvalue weighted by Gasteiger charge is -2.18. The maximum Gasteiger partial charge on any atom is 0.306 e. The van der Waals surface area contributed by atoms with E-state index in [1.165, 1.54) is 11.1 Å². The third-order valence-corrected chi connectivity index (χ3v) is 5.16. The SMILES string of the molecule is O=C(CCCc1ccccc1)O[C@@H](CCCCc1ccccc1)c1ccccc1. The molecule has 29 heavy (non-hydrogen) atoms. The van der Waals surface area contributed by atoms with Crippen molar-refractivity contribution < 1.29 is 9.53 Å². The second kappa shape index (κ2) is 11.9. The van der Waals surface area contributed by atoms with Crippen molar-refractivity contribution in [3.8, 4) is 0 Å². The third-order valence-electron chi connectivity index (χ3n) is 5.16. The van der Waals surface area contributed by atoms with E-state index in [1.807, 2.05) is 42.5 Å². The van der Waals surface area contributed by atoms with Crippen LogP contribution in [0.3, 0.4) is 0 Å². The highest BCUT2D eigenvalue weighted by atomic mass is 16.5. The van der Waals surface area contributed by atoms with Gasteiger partial charge in [-0.25, -0.2) is 0 Å². The van der Waals surface area contributed by atoms with E-state index < -0.39 is 0 Å². The quantitative estimate of drug-likeness (QED) is 0.270. The van der Waals surface area contributed by atoms with E-state index in [1.54, 1.807) is 0 Å². The van der Waals surface area contributed by atoms with Crippen LogP contribution in [-0.4, -0.2) is 5.97 Å². The molecular formula is C27H30O2. The largest absolute Gasteiger partial charge is 0.457 e. The van der Waals surface area contributed by atoms with Crippen molar-refractivity contribution in [1.29, 1.82) is 0 Å². The molecule has 0 bridgehead atoms. The Balaban J connectivity index is 1.47. The Morgan fingerprint density at radius 1 is 0.655 bits per heavy atom. The minimum Gasteiger partial charge on any atom is -0.457 e. The summed E-state index contributed by atoms with van der Waals surface area (Å²) in [4.78, 5) is 12.4. The van der Waals surface area contributed by atoms with E-state index in [9.17, 15) is 4.79 Å². The minimum absolute atomic E-state index is 0.0992. The molecule has 0 saturated carbocycles. The highest BCUT2D eigenvalue weighted by Gasteiger charge is 2.16. The molecule has 0 saturated heterocycles. The van der Waals surface area contributed by atoms with Crippen LogP contribution in [0.1, 0.15) is 54.9 Å². The first-order valence-corrected chi connectivity index (χ1v) is 10.6. The van der Waals surface area contributed by atoms with Crippen molar-refractivity contribution in [3.63, 3.8) is 0 Å². The fourth-order valence-corrected chi connectivity index (χ4v) is 3.56. The highest BCUT2D eigenvalue weighted by Crippen LogP contribution is 2.25. The zero-order valence-corrected chi connectivity index (χ0v) is 17.0. The monoisotopic (exact) mass is 386 g/mol. The lowest BCUT2D eigenvalue weighted by molar-refractivity contribution is -0.150. The van der Waals surface area contributed by atoms with Crippen molar-refractivity contribution in [3.05, 3.63) is 108 Å². The third kappa shape index (κ3) is 7.57. The van der Waals surface area contributed by atoms with Gasteiger partial charge in [-0.3, -0.25) is 4.79 Å². The molecule has 0 aliphatic heterocycles. The summed E-state index contributed by atoms with van der Waals surface area (Å²) in [5.41, 5.74) is 3.71. The van der Waals surface area contributed by atoms with Crippen LogP contribution < -0.4 is 0 Å². The van der Waals surface area contributed by atoms with Crippen molar-refractivity contribution in [1.82, 2.24) is 0 Å². The van der Waals surface area contributed by atoms with Gasteiger partial charge >= 0.3 is 5.97 Å². The topological polar surface area (TPSA) is 26.3 Å². The van der Waals surface area contributed by atoms with Crippen LogP contribution in [0.5, 0.6) is 0 Å². The lowest BCUT2D eigenvalue weighted by atomic mass is 10.0. The standard InChI is InChI=1S/C27H30O2/c28-27(22-12-18-24-15-6-2-7-16-24)29-26(25-19-8-3-9-20-25)21-11-10-17-23-13-4-1-5-14-23/h1-9,13-16,19-20,26H,10-12,17-18,21-22H2/t26-/m0/s1. The van der Waals surface area contributed by atoms with Gasteiger partial charge in [-0.15, -0.1) is 0 Å². The maximum absolute atomic E-state index is 12.4. The number of hydrogen-bond acceptors (Lipinski definition) is 2. The number of aryl methyl sites for hydroxylation is 2. The Bertz CT molecular complexity index is 828. The number of hydrogen-bond donors (Lipinski definition) is 0. The predicted octanol–water partition coefficient (Wildman–Crippen LogP) is 6.71. The Kier molecular flexibility index (Phi) is 8.53. The van der Waals surface area contributed by atoms with Gasteiger partial charge in [0.15, 0.2) is 0 Å². The molecular weight excluding hydrogens is 356 g/mol. The number of esters is 1.